The third-order valence-corrected chi connectivity index (χ3v) is 8.53. The Morgan fingerprint density at radius 1 is 0.923 bits per heavy atom. The summed E-state index contributed by atoms with van der Waals surface area (Å²) in [6, 6.07) is 25.7. The van der Waals surface area contributed by atoms with Crippen molar-refractivity contribution < 1.29 is 4.79 Å². The highest BCUT2D eigenvalue weighted by Crippen LogP contribution is 2.28. The molecule has 0 bridgehead atoms. The standard InChI is InChI=1S/C33H39N5O/c1-25-9-2-3-11-28(25)24-38-31-14-7-6-13-30(31)35-33(38)37-21-16-27(17-22-37)32(39)34-18-8-19-36-20-15-26-10-4-5-12-29(26)23-36/h2-7,9-14,27H,8,15-24H2,1H3,(H,34,39). The van der Waals surface area contributed by atoms with Crippen molar-refractivity contribution in [3.63, 3.8) is 0 Å². The van der Waals surface area contributed by atoms with Gasteiger partial charge in [-0.05, 0) is 67.0 Å². The molecule has 1 amide bonds. The summed E-state index contributed by atoms with van der Waals surface area (Å²) in [6.45, 7) is 8.59. The molecule has 1 saturated heterocycles. The number of aryl methyl sites for hydroxylation is 1. The number of fused-ring (bicyclic) bond motifs is 2. The first-order valence-corrected chi connectivity index (χ1v) is 14.5. The molecule has 3 aromatic carbocycles. The van der Waals surface area contributed by atoms with Crippen molar-refractivity contribution in [1.29, 1.82) is 0 Å². The van der Waals surface area contributed by atoms with Crippen LogP contribution in [0.4, 0.5) is 5.95 Å². The van der Waals surface area contributed by atoms with E-state index in [0.717, 1.165) is 88.5 Å². The van der Waals surface area contributed by atoms with Gasteiger partial charge in [0.05, 0.1) is 17.6 Å². The predicted molar refractivity (Wildman–Crippen MR) is 158 cm³/mol. The second-order valence-electron chi connectivity index (χ2n) is 11.1. The molecule has 3 heterocycles. The molecule has 2 aliphatic rings. The van der Waals surface area contributed by atoms with Gasteiger partial charge in [-0.1, -0.05) is 60.7 Å². The van der Waals surface area contributed by atoms with Crippen molar-refractivity contribution in [3.8, 4) is 0 Å². The summed E-state index contributed by atoms with van der Waals surface area (Å²) < 4.78 is 2.34. The Hall–Kier alpha value is -3.64. The van der Waals surface area contributed by atoms with Crippen molar-refractivity contribution in [2.24, 2.45) is 5.92 Å². The number of rotatable bonds is 8. The number of aromatic nitrogens is 2. The lowest BCUT2D eigenvalue weighted by Gasteiger charge is -2.32. The Labute approximate surface area is 231 Å². The number of anilines is 1. The van der Waals surface area contributed by atoms with Gasteiger partial charge in [0.25, 0.3) is 0 Å². The number of nitrogens with one attached hydrogen (secondary N) is 1. The fraction of sp³-hybridized carbons (Fsp3) is 0.394. The topological polar surface area (TPSA) is 53.4 Å². The van der Waals surface area contributed by atoms with Gasteiger partial charge in [0.2, 0.25) is 11.9 Å². The van der Waals surface area contributed by atoms with Gasteiger partial charge in [-0.15, -0.1) is 0 Å². The van der Waals surface area contributed by atoms with Gasteiger partial charge in [0.15, 0.2) is 0 Å². The lowest BCUT2D eigenvalue weighted by molar-refractivity contribution is -0.125. The molecule has 1 N–H and O–H groups in total. The minimum absolute atomic E-state index is 0.0808. The summed E-state index contributed by atoms with van der Waals surface area (Å²) in [5.74, 6) is 1.31. The fourth-order valence-corrected chi connectivity index (χ4v) is 6.16. The Morgan fingerprint density at radius 3 is 2.51 bits per heavy atom. The van der Waals surface area contributed by atoms with Crippen LogP contribution in [0.25, 0.3) is 11.0 Å². The van der Waals surface area contributed by atoms with Crippen molar-refractivity contribution in [2.75, 3.05) is 37.6 Å². The summed E-state index contributed by atoms with van der Waals surface area (Å²) >= 11 is 0. The lowest BCUT2D eigenvalue weighted by Crippen LogP contribution is -2.42. The SMILES string of the molecule is Cc1ccccc1Cn1c(N2CCC(C(=O)NCCCN3CCc4ccccc4C3)CC2)nc2ccccc21. The number of para-hydroxylation sites is 2. The summed E-state index contributed by atoms with van der Waals surface area (Å²) in [5.41, 5.74) is 7.73. The van der Waals surface area contributed by atoms with Crippen LogP contribution in [0.5, 0.6) is 0 Å². The Morgan fingerprint density at radius 2 is 1.67 bits per heavy atom. The number of hydrogen-bond donors (Lipinski definition) is 1. The quantitative estimate of drug-likeness (QED) is 0.325. The monoisotopic (exact) mass is 521 g/mol. The first-order chi connectivity index (χ1) is 19.2. The van der Waals surface area contributed by atoms with Crippen LogP contribution in [0.15, 0.2) is 72.8 Å². The van der Waals surface area contributed by atoms with Crippen molar-refractivity contribution in [1.82, 2.24) is 19.8 Å². The molecule has 4 aromatic rings. The van der Waals surface area contributed by atoms with Crippen molar-refractivity contribution in [3.05, 3.63) is 95.1 Å². The molecule has 1 aromatic heterocycles. The van der Waals surface area contributed by atoms with Gasteiger partial charge < -0.3 is 14.8 Å². The van der Waals surface area contributed by atoms with E-state index in [1.165, 1.54) is 22.3 Å². The maximum Gasteiger partial charge on any atom is 0.223 e. The van der Waals surface area contributed by atoms with E-state index in [0.29, 0.717) is 0 Å². The number of imidazole rings is 1. The zero-order valence-electron chi connectivity index (χ0n) is 23.0. The second-order valence-corrected chi connectivity index (χ2v) is 11.1. The van der Waals surface area contributed by atoms with E-state index in [2.05, 4.69) is 99.4 Å². The Kier molecular flexibility index (Phi) is 7.64. The number of piperidine rings is 1. The molecule has 6 nitrogen and oxygen atoms in total. The van der Waals surface area contributed by atoms with E-state index in [9.17, 15) is 4.79 Å². The molecule has 0 spiro atoms. The maximum atomic E-state index is 13.0. The summed E-state index contributed by atoms with van der Waals surface area (Å²) in [4.78, 5) is 22.9. The average Bonchev–Trinajstić information content (AvgIpc) is 3.34. The number of nitrogens with zero attached hydrogens (tertiary/aromatic N) is 4. The van der Waals surface area contributed by atoms with Crippen molar-refractivity contribution >= 4 is 22.9 Å². The maximum absolute atomic E-state index is 13.0. The predicted octanol–water partition coefficient (Wildman–Crippen LogP) is 5.17. The number of benzene rings is 3. The first kappa shape index (κ1) is 25.6. The van der Waals surface area contributed by atoms with E-state index >= 15 is 0 Å². The molecule has 0 saturated carbocycles. The van der Waals surface area contributed by atoms with Crippen LogP contribution in [-0.4, -0.2) is 53.1 Å². The number of carbonyl (C=O) groups excluding carboxylic acids is 1. The van der Waals surface area contributed by atoms with E-state index in [4.69, 9.17) is 4.98 Å². The van der Waals surface area contributed by atoms with Crippen LogP contribution in [0.2, 0.25) is 0 Å². The number of amides is 1. The molecule has 39 heavy (non-hydrogen) atoms. The smallest absolute Gasteiger partial charge is 0.223 e. The molecule has 0 aliphatic carbocycles. The molecular weight excluding hydrogens is 482 g/mol. The molecular formula is C33H39N5O. The third-order valence-electron chi connectivity index (χ3n) is 8.53. The van der Waals surface area contributed by atoms with Crippen LogP contribution in [0.3, 0.4) is 0 Å². The van der Waals surface area contributed by atoms with Gasteiger partial charge in [-0.2, -0.15) is 0 Å². The van der Waals surface area contributed by atoms with Crippen LogP contribution < -0.4 is 10.2 Å². The second kappa shape index (κ2) is 11.6. The van der Waals surface area contributed by atoms with Crippen LogP contribution in [0, 0.1) is 12.8 Å². The minimum atomic E-state index is 0.0808. The van der Waals surface area contributed by atoms with Gasteiger partial charge in [0, 0.05) is 45.2 Å². The third kappa shape index (κ3) is 5.71. The lowest BCUT2D eigenvalue weighted by atomic mass is 9.96. The van der Waals surface area contributed by atoms with Crippen LogP contribution in [-0.2, 0) is 24.3 Å². The van der Waals surface area contributed by atoms with Gasteiger partial charge in [0.1, 0.15) is 0 Å². The number of carbonyl (C=O) groups is 1. The molecule has 6 rings (SSSR count). The highest BCUT2D eigenvalue weighted by atomic mass is 16.1. The molecule has 1 fully saturated rings. The molecule has 0 unspecified atom stereocenters. The van der Waals surface area contributed by atoms with E-state index < -0.39 is 0 Å². The van der Waals surface area contributed by atoms with Gasteiger partial charge >= 0.3 is 0 Å². The summed E-state index contributed by atoms with van der Waals surface area (Å²) in [5, 5.41) is 3.23. The molecule has 0 atom stereocenters. The van der Waals surface area contributed by atoms with Crippen LogP contribution >= 0.6 is 0 Å². The van der Waals surface area contributed by atoms with Crippen molar-refractivity contribution in [2.45, 2.75) is 45.7 Å². The highest BCUT2D eigenvalue weighted by molar-refractivity contribution is 5.80. The van der Waals surface area contributed by atoms with Crippen LogP contribution in [0.1, 0.15) is 41.5 Å². The Bertz CT molecular complexity index is 1440. The number of hydrogen-bond acceptors (Lipinski definition) is 4. The molecule has 0 radical (unpaired) electrons. The molecule has 202 valence electrons. The summed E-state index contributed by atoms with van der Waals surface area (Å²) in [6.07, 6.45) is 3.85. The van der Waals surface area contributed by atoms with Gasteiger partial charge in [-0.3, -0.25) is 9.69 Å². The highest BCUT2D eigenvalue weighted by Gasteiger charge is 2.28. The zero-order valence-corrected chi connectivity index (χ0v) is 23.0. The largest absolute Gasteiger partial charge is 0.356 e. The first-order valence-electron chi connectivity index (χ1n) is 14.5. The molecule has 6 heteroatoms. The fourth-order valence-electron chi connectivity index (χ4n) is 6.16. The van der Waals surface area contributed by atoms with E-state index in [1.54, 1.807) is 0 Å². The van der Waals surface area contributed by atoms with Gasteiger partial charge in [-0.25, -0.2) is 4.98 Å². The zero-order chi connectivity index (χ0) is 26.6. The molecule has 2 aliphatic heterocycles. The average molecular weight is 522 g/mol. The summed E-state index contributed by atoms with van der Waals surface area (Å²) in [7, 11) is 0. The Balaban J connectivity index is 1.02. The van der Waals surface area contributed by atoms with E-state index in [-0.39, 0.29) is 11.8 Å². The minimum Gasteiger partial charge on any atom is -0.356 e. The normalized spacial score (nSPS) is 16.4. The van der Waals surface area contributed by atoms with E-state index in [1.807, 2.05) is 0 Å².